The van der Waals surface area contributed by atoms with Gasteiger partial charge in [-0.15, -0.1) is 0 Å². The van der Waals surface area contributed by atoms with Gasteiger partial charge in [-0.05, 0) is 44.5 Å². The van der Waals surface area contributed by atoms with E-state index >= 15 is 0 Å². The summed E-state index contributed by atoms with van der Waals surface area (Å²) < 4.78 is 5.62. The smallest absolute Gasteiger partial charge is 0.119 e. The Morgan fingerprint density at radius 3 is 2.47 bits per heavy atom. The molecule has 0 atom stereocenters. The predicted octanol–water partition coefficient (Wildman–Crippen LogP) is 2.03. The van der Waals surface area contributed by atoms with Gasteiger partial charge >= 0.3 is 0 Å². The second-order valence-electron chi connectivity index (χ2n) is 4.69. The summed E-state index contributed by atoms with van der Waals surface area (Å²) in [5.41, 5.74) is 0.640. The lowest BCUT2D eigenvalue weighted by molar-refractivity contribution is 0.155. The summed E-state index contributed by atoms with van der Waals surface area (Å²) in [6.45, 7) is 6.69. The third-order valence-electron chi connectivity index (χ3n) is 2.96. The zero-order valence-corrected chi connectivity index (χ0v) is 11.7. The molecule has 1 aromatic carbocycles. The van der Waals surface area contributed by atoms with Crippen molar-refractivity contribution in [1.82, 2.24) is 4.90 Å². The fourth-order valence-corrected chi connectivity index (χ4v) is 1.84. The van der Waals surface area contributed by atoms with E-state index in [0.29, 0.717) is 24.8 Å². The van der Waals surface area contributed by atoms with Crippen LogP contribution in [-0.2, 0) is 0 Å². The number of aliphatic hydroxyl groups excluding tert-OH is 1. The van der Waals surface area contributed by atoms with E-state index in [0.717, 1.165) is 18.7 Å². The van der Waals surface area contributed by atoms with Crippen molar-refractivity contribution < 1.29 is 9.84 Å². The van der Waals surface area contributed by atoms with Gasteiger partial charge in [0.05, 0.1) is 24.8 Å². The Morgan fingerprint density at radius 2 is 1.95 bits per heavy atom. The highest BCUT2D eigenvalue weighted by Gasteiger charge is 2.07. The first-order valence-electron chi connectivity index (χ1n) is 6.65. The number of hydrogen-bond donors (Lipinski definition) is 1. The quantitative estimate of drug-likeness (QED) is 0.728. The minimum atomic E-state index is 0.189. The van der Waals surface area contributed by atoms with Crippen LogP contribution in [0.4, 0.5) is 0 Å². The molecule has 0 fully saturated rings. The van der Waals surface area contributed by atoms with E-state index in [1.54, 1.807) is 12.1 Å². The minimum Gasteiger partial charge on any atom is -0.494 e. The van der Waals surface area contributed by atoms with Gasteiger partial charge < -0.3 is 9.84 Å². The van der Waals surface area contributed by atoms with Gasteiger partial charge in [-0.1, -0.05) is 0 Å². The molecule has 0 bridgehead atoms. The molecule has 4 heteroatoms. The number of nitriles is 1. The SMILES string of the molecule is CC(C)N(CCO)CCCOc1ccc(C#N)cc1. The fourth-order valence-electron chi connectivity index (χ4n) is 1.84. The Hall–Kier alpha value is -1.57. The average molecular weight is 262 g/mol. The number of rotatable bonds is 8. The summed E-state index contributed by atoms with van der Waals surface area (Å²) in [5.74, 6) is 0.789. The van der Waals surface area contributed by atoms with Gasteiger partial charge in [0.15, 0.2) is 0 Å². The van der Waals surface area contributed by atoms with Gasteiger partial charge in [0, 0.05) is 19.1 Å². The van der Waals surface area contributed by atoms with Crippen LogP contribution in [0.25, 0.3) is 0 Å². The van der Waals surface area contributed by atoms with Gasteiger partial charge in [-0.25, -0.2) is 0 Å². The van der Waals surface area contributed by atoms with E-state index < -0.39 is 0 Å². The topological polar surface area (TPSA) is 56.5 Å². The summed E-state index contributed by atoms with van der Waals surface area (Å²) in [5, 5.41) is 17.7. The highest BCUT2D eigenvalue weighted by atomic mass is 16.5. The molecule has 0 unspecified atom stereocenters. The monoisotopic (exact) mass is 262 g/mol. The summed E-state index contributed by atoms with van der Waals surface area (Å²) in [4.78, 5) is 2.22. The zero-order valence-electron chi connectivity index (χ0n) is 11.7. The molecular formula is C15H22N2O2. The highest BCUT2D eigenvalue weighted by molar-refractivity contribution is 5.34. The molecule has 0 aromatic heterocycles. The fraction of sp³-hybridized carbons (Fsp3) is 0.533. The molecule has 19 heavy (non-hydrogen) atoms. The van der Waals surface area contributed by atoms with Crippen molar-refractivity contribution in [3.8, 4) is 11.8 Å². The van der Waals surface area contributed by atoms with Crippen LogP contribution in [0.1, 0.15) is 25.8 Å². The van der Waals surface area contributed by atoms with Crippen molar-refractivity contribution in [2.24, 2.45) is 0 Å². The number of ether oxygens (including phenoxy) is 1. The maximum Gasteiger partial charge on any atom is 0.119 e. The van der Waals surface area contributed by atoms with Crippen LogP contribution in [0.5, 0.6) is 5.75 Å². The summed E-state index contributed by atoms with van der Waals surface area (Å²) >= 11 is 0. The second kappa shape index (κ2) is 8.52. The normalized spacial score (nSPS) is 10.7. The Bertz CT molecular complexity index is 396. The van der Waals surface area contributed by atoms with Gasteiger partial charge in [-0.2, -0.15) is 5.26 Å². The Morgan fingerprint density at radius 1 is 1.26 bits per heavy atom. The minimum absolute atomic E-state index is 0.189. The first-order chi connectivity index (χ1) is 9.17. The molecule has 1 rings (SSSR count). The van der Waals surface area contributed by atoms with Gasteiger partial charge in [0.25, 0.3) is 0 Å². The Labute approximate surface area is 115 Å². The lowest BCUT2D eigenvalue weighted by Gasteiger charge is -2.25. The molecule has 0 heterocycles. The van der Waals surface area contributed by atoms with Gasteiger partial charge in [0.2, 0.25) is 0 Å². The zero-order chi connectivity index (χ0) is 14.1. The van der Waals surface area contributed by atoms with Crippen LogP contribution < -0.4 is 4.74 Å². The summed E-state index contributed by atoms with van der Waals surface area (Å²) in [6.07, 6.45) is 0.915. The predicted molar refractivity (Wildman–Crippen MR) is 75.1 cm³/mol. The van der Waals surface area contributed by atoms with Crippen LogP contribution in [0.15, 0.2) is 24.3 Å². The lowest BCUT2D eigenvalue weighted by atomic mass is 10.2. The van der Waals surface area contributed by atoms with Crippen molar-refractivity contribution >= 4 is 0 Å². The maximum absolute atomic E-state index is 8.97. The van der Waals surface area contributed by atoms with Crippen molar-refractivity contribution in [2.45, 2.75) is 26.3 Å². The third kappa shape index (κ3) is 5.73. The second-order valence-corrected chi connectivity index (χ2v) is 4.69. The van der Waals surface area contributed by atoms with E-state index in [9.17, 15) is 0 Å². The van der Waals surface area contributed by atoms with Gasteiger partial charge in [-0.3, -0.25) is 4.90 Å². The van der Waals surface area contributed by atoms with Crippen LogP contribution in [-0.4, -0.2) is 42.4 Å². The molecule has 0 aliphatic heterocycles. The van der Waals surface area contributed by atoms with Crippen molar-refractivity contribution in [1.29, 1.82) is 5.26 Å². The average Bonchev–Trinajstić information content (AvgIpc) is 2.42. The summed E-state index contributed by atoms with van der Waals surface area (Å²) in [7, 11) is 0. The molecule has 0 spiro atoms. The van der Waals surface area contributed by atoms with E-state index in [4.69, 9.17) is 15.1 Å². The van der Waals surface area contributed by atoms with E-state index in [-0.39, 0.29) is 6.61 Å². The van der Waals surface area contributed by atoms with Crippen LogP contribution in [0, 0.1) is 11.3 Å². The Balaban J connectivity index is 2.27. The molecule has 1 aromatic rings. The number of nitrogens with zero attached hydrogens (tertiary/aromatic N) is 2. The Kier molecular flexibility index (Phi) is 6.94. The van der Waals surface area contributed by atoms with Crippen LogP contribution >= 0.6 is 0 Å². The molecular weight excluding hydrogens is 240 g/mol. The molecule has 0 aliphatic carbocycles. The molecule has 1 N–H and O–H groups in total. The van der Waals surface area contributed by atoms with Crippen LogP contribution in [0.2, 0.25) is 0 Å². The molecule has 0 amide bonds. The first kappa shape index (κ1) is 15.5. The standard InChI is InChI=1S/C15H22N2O2/c1-13(2)17(9-10-18)8-3-11-19-15-6-4-14(12-16)5-7-15/h4-7,13,18H,3,8-11H2,1-2H3. The third-order valence-corrected chi connectivity index (χ3v) is 2.96. The van der Waals surface area contributed by atoms with Crippen molar-refractivity contribution in [2.75, 3.05) is 26.3 Å². The highest BCUT2D eigenvalue weighted by Crippen LogP contribution is 2.11. The van der Waals surface area contributed by atoms with E-state index in [1.165, 1.54) is 0 Å². The molecule has 0 radical (unpaired) electrons. The molecule has 4 nitrogen and oxygen atoms in total. The van der Waals surface area contributed by atoms with Gasteiger partial charge in [0.1, 0.15) is 5.75 Å². The van der Waals surface area contributed by atoms with E-state index in [1.807, 2.05) is 12.1 Å². The summed E-state index contributed by atoms with van der Waals surface area (Å²) in [6, 6.07) is 9.64. The molecule has 0 aliphatic rings. The van der Waals surface area contributed by atoms with Crippen LogP contribution in [0.3, 0.4) is 0 Å². The first-order valence-corrected chi connectivity index (χ1v) is 6.65. The number of hydrogen-bond acceptors (Lipinski definition) is 4. The number of benzene rings is 1. The maximum atomic E-state index is 8.97. The van der Waals surface area contributed by atoms with Crippen molar-refractivity contribution in [3.05, 3.63) is 29.8 Å². The molecule has 0 saturated carbocycles. The largest absolute Gasteiger partial charge is 0.494 e. The lowest BCUT2D eigenvalue weighted by Crippen LogP contribution is -2.34. The van der Waals surface area contributed by atoms with Crippen molar-refractivity contribution in [3.63, 3.8) is 0 Å². The molecule has 104 valence electrons. The number of aliphatic hydroxyl groups is 1. The molecule has 0 saturated heterocycles. The van der Waals surface area contributed by atoms with E-state index in [2.05, 4.69) is 24.8 Å².